The molecule has 2 saturated heterocycles. The molecule has 8 rings (SSSR count). The molecule has 4 aliphatic rings. The van der Waals surface area contributed by atoms with Crippen LogP contribution in [0.5, 0.6) is 0 Å². The van der Waals surface area contributed by atoms with E-state index in [1.54, 1.807) is 5.56 Å². The maximum Gasteiger partial charge on any atom is 0.0367 e. The minimum atomic E-state index is 0.665. The van der Waals surface area contributed by atoms with E-state index in [9.17, 15) is 0 Å². The predicted octanol–water partition coefficient (Wildman–Crippen LogP) is 11.1. The molecule has 5 heteroatoms. The normalized spacial score (nSPS) is 18.4. The summed E-state index contributed by atoms with van der Waals surface area (Å²) in [6.45, 7) is 30.1. The summed E-state index contributed by atoms with van der Waals surface area (Å²) in [4.78, 5) is 12.6. The number of rotatable bonds is 7. The van der Waals surface area contributed by atoms with E-state index in [2.05, 4.69) is 201 Å². The Morgan fingerprint density at radius 3 is 1.45 bits per heavy atom. The highest BCUT2D eigenvalue weighted by atomic mass is 15.3. The van der Waals surface area contributed by atoms with E-state index in [-0.39, 0.29) is 0 Å². The van der Waals surface area contributed by atoms with Gasteiger partial charge in [0.1, 0.15) is 0 Å². The van der Waals surface area contributed by atoms with Crippen molar-refractivity contribution < 1.29 is 0 Å². The van der Waals surface area contributed by atoms with Crippen LogP contribution < -0.4 is 4.90 Å². The molecule has 0 bridgehead atoms. The molecule has 4 aliphatic heterocycles. The first-order valence-corrected chi connectivity index (χ1v) is 22.7. The maximum atomic E-state index is 2.58. The molecule has 0 saturated carbocycles. The van der Waals surface area contributed by atoms with Crippen LogP contribution in [0.1, 0.15) is 103 Å². The summed E-state index contributed by atoms with van der Waals surface area (Å²) in [6, 6.07) is 43.9. The Kier molecular flexibility index (Phi) is 18.6. The molecule has 2 fully saturated rings. The van der Waals surface area contributed by atoms with Crippen LogP contribution in [0, 0.1) is 0 Å². The van der Waals surface area contributed by atoms with Crippen molar-refractivity contribution in [3.63, 3.8) is 0 Å². The van der Waals surface area contributed by atoms with Crippen LogP contribution in [0.3, 0.4) is 0 Å². The average Bonchev–Trinajstić information content (AvgIpc) is 3.28. The zero-order valence-electron chi connectivity index (χ0n) is 37.6. The van der Waals surface area contributed by atoms with Crippen LogP contribution in [0.15, 0.2) is 121 Å². The number of piperidine rings is 1. The molecule has 0 N–H and O–H groups in total. The molecule has 0 aromatic heterocycles. The smallest absolute Gasteiger partial charge is 0.0367 e. The van der Waals surface area contributed by atoms with Crippen LogP contribution in [0.4, 0.5) is 5.69 Å². The molecule has 58 heavy (non-hydrogen) atoms. The van der Waals surface area contributed by atoms with Crippen molar-refractivity contribution in [2.45, 2.75) is 118 Å². The molecule has 4 aromatic rings. The lowest BCUT2D eigenvalue weighted by Crippen LogP contribution is -2.48. The number of piperazine rings is 1. The fourth-order valence-corrected chi connectivity index (χ4v) is 8.64. The van der Waals surface area contributed by atoms with E-state index < -0.39 is 0 Å². The number of likely N-dealkylation sites (tertiary alicyclic amines) is 1. The highest BCUT2D eigenvalue weighted by Crippen LogP contribution is 2.28. The lowest BCUT2D eigenvalue weighted by Gasteiger charge is -2.38. The quantitative estimate of drug-likeness (QED) is 0.185. The molecule has 0 aliphatic carbocycles. The second kappa shape index (κ2) is 23.7. The largest absolute Gasteiger partial charge is 0.369 e. The van der Waals surface area contributed by atoms with Crippen molar-refractivity contribution in [3.8, 4) is 0 Å². The zero-order chi connectivity index (χ0) is 41.3. The van der Waals surface area contributed by atoms with Crippen molar-refractivity contribution in [1.82, 2.24) is 19.6 Å². The highest BCUT2D eigenvalue weighted by Gasteiger charge is 2.22. The molecule has 5 nitrogen and oxygen atoms in total. The Morgan fingerprint density at radius 2 is 0.914 bits per heavy atom. The number of benzene rings is 4. The Hall–Kier alpha value is -3.74. The van der Waals surface area contributed by atoms with E-state index in [0.717, 1.165) is 32.1 Å². The molecule has 0 atom stereocenters. The molecule has 4 aromatic carbocycles. The standard InChI is InChI=1S/C14H21N.C14H19N.C13H20N2.C12H17N/c2*1-12(2)15-10-8-14(9-11-15)13-6-4-3-5-7-13;1-12(2)14-8-10-15(11-9-14)13-6-4-3-5-7-13;1-10(2)13-8-7-11-5-3-4-6-12(11)9-13/h3-7,12,14H,8-11H2,1-2H3;3-8,12H,9-11H2,1-2H3;3-7,12H,8-11H2,1-2H3;3-6,10H,7-9H2,1-2H3. The van der Waals surface area contributed by atoms with Gasteiger partial charge in [-0.1, -0.05) is 109 Å². The van der Waals surface area contributed by atoms with Crippen molar-refractivity contribution in [3.05, 3.63) is 144 Å². The maximum absolute atomic E-state index is 2.58. The zero-order valence-corrected chi connectivity index (χ0v) is 37.6. The number of hydrogen-bond donors (Lipinski definition) is 0. The predicted molar refractivity (Wildman–Crippen MR) is 252 cm³/mol. The van der Waals surface area contributed by atoms with E-state index in [1.165, 1.54) is 92.9 Å². The van der Waals surface area contributed by atoms with E-state index in [1.807, 2.05) is 0 Å². The summed E-state index contributed by atoms with van der Waals surface area (Å²) in [7, 11) is 0. The third kappa shape index (κ3) is 14.2. The topological polar surface area (TPSA) is 16.2 Å². The van der Waals surface area contributed by atoms with Gasteiger partial charge in [0.2, 0.25) is 0 Å². The number of para-hydroxylation sites is 1. The summed E-state index contributed by atoms with van der Waals surface area (Å²) in [5.74, 6) is 0.793. The summed E-state index contributed by atoms with van der Waals surface area (Å²) < 4.78 is 0. The Balaban J connectivity index is 0.000000147. The third-order valence-electron chi connectivity index (χ3n) is 12.7. The SMILES string of the molecule is CC(C)N1CC=C(c2ccccc2)CC1.CC(C)N1CCC(c2ccccc2)CC1.CC(C)N1CCN(c2ccccc2)CC1.CC(C)N1CCc2ccccc2C1. The lowest BCUT2D eigenvalue weighted by molar-refractivity contribution is 0.172. The van der Waals surface area contributed by atoms with Gasteiger partial charge >= 0.3 is 0 Å². The number of hydrogen-bond acceptors (Lipinski definition) is 5. The van der Waals surface area contributed by atoms with Crippen molar-refractivity contribution in [2.24, 2.45) is 0 Å². The molecule has 4 heterocycles. The first-order valence-electron chi connectivity index (χ1n) is 22.7. The van der Waals surface area contributed by atoms with Gasteiger partial charge in [0.25, 0.3) is 0 Å². The first-order chi connectivity index (χ1) is 28.1. The van der Waals surface area contributed by atoms with Crippen molar-refractivity contribution in [1.29, 1.82) is 0 Å². The molecule has 0 unspecified atom stereocenters. The molecular weight excluding hydrogens is 707 g/mol. The van der Waals surface area contributed by atoms with Gasteiger partial charge < -0.3 is 9.80 Å². The molecule has 314 valence electrons. The lowest BCUT2D eigenvalue weighted by atomic mass is 9.89. The Labute approximate surface area is 354 Å². The first kappa shape index (κ1) is 45.3. The monoisotopic (exact) mass is 784 g/mol. The fraction of sp³-hybridized carbons (Fsp3) is 0.509. The van der Waals surface area contributed by atoms with E-state index >= 15 is 0 Å². The van der Waals surface area contributed by atoms with Gasteiger partial charge in [-0.2, -0.15) is 0 Å². The molecule has 0 amide bonds. The molecule has 0 radical (unpaired) electrons. The van der Waals surface area contributed by atoms with Gasteiger partial charge in [0, 0.05) is 82.2 Å². The van der Waals surface area contributed by atoms with Gasteiger partial charge in [-0.25, -0.2) is 0 Å². The molecular formula is C53H77N5. The minimum absolute atomic E-state index is 0.665. The van der Waals surface area contributed by atoms with Gasteiger partial charge in [0.15, 0.2) is 0 Å². The minimum Gasteiger partial charge on any atom is -0.369 e. The summed E-state index contributed by atoms with van der Waals surface area (Å²) in [6.07, 6.45) is 7.42. The van der Waals surface area contributed by atoms with Crippen LogP contribution in [0.2, 0.25) is 0 Å². The van der Waals surface area contributed by atoms with Gasteiger partial charge in [-0.15, -0.1) is 0 Å². The van der Waals surface area contributed by atoms with Crippen LogP contribution in [-0.4, -0.2) is 103 Å². The third-order valence-corrected chi connectivity index (χ3v) is 12.7. The average molecular weight is 784 g/mol. The Bertz CT molecular complexity index is 1650. The number of nitrogens with zero attached hydrogens (tertiary/aromatic N) is 5. The van der Waals surface area contributed by atoms with E-state index in [4.69, 9.17) is 0 Å². The Morgan fingerprint density at radius 1 is 0.431 bits per heavy atom. The molecule has 0 spiro atoms. The number of anilines is 1. The number of fused-ring (bicyclic) bond motifs is 1. The van der Waals surface area contributed by atoms with Crippen molar-refractivity contribution in [2.75, 3.05) is 63.8 Å². The van der Waals surface area contributed by atoms with Crippen LogP contribution >= 0.6 is 0 Å². The second-order valence-electron chi connectivity index (χ2n) is 17.8. The summed E-state index contributed by atoms with van der Waals surface area (Å²) in [5.41, 5.74) is 8.84. The van der Waals surface area contributed by atoms with Crippen LogP contribution in [-0.2, 0) is 13.0 Å². The fourth-order valence-electron chi connectivity index (χ4n) is 8.64. The summed E-state index contributed by atoms with van der Waals surface area (Å²) >= 11 is 0. The second-order valence-corrected chi connectivity index (χ2v) is 17.8. The van der Waals surface area contributed by atoms with Crippen molar-refractivity contribution >= 4 is 11.3 Å². The van der Waals surface area contributed by atoms with E-state index in [0.29, 0.717) is 24.2 Å². The van der Waals surface area contributed by atoms with Crippen LogP contribution in [0.25, 0.3) is 5.57 Å². The van der Waals surface area contributed by atoms with Gasteiger partial charge in [0.05, 0.1) is 0 Å². The van der Waals surface area contributed by atoms with Gasteiger partial charge in [-0.05, 0) is 140 Å². The summed E-state index contributed by atoms with van der Waals surface area (Å²) in [5, 5.41) is 0. The van der Waals surface area contributed by atoms with Gasteiger partial charge in [-0.3, -0.25) is 14.7 Å². The highest BCUT2D eigenvalue weighted by molar-refractivity contribution is 5.66.